The summed E-state index contributed by atoms with van der Waals surface area (Å²) in [5.74, 6) is 0.312. The van der Waals surface area contributed by atoms with Gasteiger partial charge in [0.1, 0.15) is 17.1 Å². The van der Waals surface area contributed by atoms with Crippen LogP contribution in [0.1, 0.15) is 19.4 Å². The maximum atomic E-state index is 12.4. The van der Waals surface area contributed by atoms with Gasteiger partial charge in [0.2, 0.25) is 11.6 Å². The van der Waals surface area contributed by atoms with E-state index in [0.717, 1.165) is 44.8 Å². The van der Waals surface area contributed by atoms with Gasteiger partial charge in [-0.2, -0.15) is 0 Å². The van der Waals surface area contributed by atoms with E-state index in [1.807, 2.05) is 40.7 Å². The summed E-state index contributed by atoms with van der Waals surface area (Å²) in [6.07, 6.45) is 1.52. The van der Waals surface area contributed by atoms with Gasteiger partial charge in [-0.1, -0.05) is 18.2 Å². The monoisotopic (exact) mass is 382 g/mol. The zero-order valence-electron chi connectivity index (χ0n) is 16.3. The molecule has 0 spiro atoms. The highest BCUT2D eigenvalue weighted by molar-refractivity contribution is 6.22. The fourth-order valence-electron chi connectivity index (χ4n) is 3.29. The minimum Gasteiger partial charge on any atom is -0.508 e. The van der Waals surface area contributed by atoms with Gasteiger partial charge in [-0.05, 0) is 19.9 Å². The summed E-state index contributed by atoms with van der Waals surface area (Å²) in [6.45, 7) is 9.13. The predicted molar refractivity (Wildman–Crippen MR) is 105 cm³/mol. The number of para-hydroxylation sites is 1. The molecule has 1 aliphatic carbocycles. The number of ketones is 2. The molecule has 7 nitrogen and oxygen atoms in total. The number of rotatable bonds is 4. The molecule has 0 saturated carbocycles. The van der Waals surface area contributed by atoms with Crippen LogP contribution in [0.25, 0.3) is 0 Å². The van der Waals surface area contributed by atoms with Crippen molar-refractivity contribution in [1.82, 2.24) is 14.7 Å². The number of nitrogens with zero attached hydrogens (tertiary/aromatic N) is 3. The summed E-state index contributed by atoms with van der Waals surface area (Å²) in [4.78, 5) is 30.5. The third-order valence-corrected chi connectivity index (χ3v) is 5.09. The van der Waals surface area contributed by atoms with E-state index in [-0.39, 0.29) is 17.3 Å². The number of nitrogens with two attached hydrogens (primary N) is 1. The first-order valence-electron chi connectivity index (χ1n) is 9.64. The molecule has 28 heavy (non-hydrogen) atoms. The molecule has 3 N–H and O–H groups in total. The van der Waals surface area contributed by atoms with E-state index >= 15 is 0 Å². The Morgan fingerprint density at radius 3 is 1.89 bits per heavy atom. The second-order valence-corrected chi connectivity index (χ2v) is 8.12. The summed E-state index contributed by atoms with van der Waals surface area (Å²) >= 11 is 0. The minimum absolute atomic E-state index is 0.00546. The van der Waals surface area contributed by atoms with Crippen molar-refractivity contribution in [2.24, 2.45) is 5.73 Å². The summed E-state index contributed by atoms with van der Waals surface area (Å²) in [5.41, 5.74) is 8.00. The number of phenols is 1. The fourth-order valence-corrected chi connectivity index (χ4v) is 3.29. The summed E-state index contributed by atoms with van der Waals surface area (Å²) in [6, 6.07) is 7.12. The van der Waals surface area contributed by atoms with E-state index in [0.29, 0.717) is 17.1 Å². The Morgan fingerprint density at radius 1 is 0.893 bits per heavy atom. The molecule has 0 amide bonds. The molecule has 3 heterocycles. The molecule has 4 aliphatic rings. The van der Waals surface area contributed by atoms with Crippen molar-refractivity contribution in [1.29, 1.82) is 0 Å². The topological polar surface area (TPSA) is 89.4 Å². The molecule has 1 aromatic rings. The minimum atomic E-state index is -0.467. The van der Waals surface area contributed by atoms with Gasteiger partial charge >= 0.3 is 0 Å². The highest BCUT2D eigenvalue weighted by Gasteiger charge is 2.43. The Hall–Kier alpha value is -2.80. The standard InChI is InChI=1S/C12H13N3O2.C9H13NO/c16-9-7-8(13-1-2-13)12(17)11(15-5-6-15)10(9)14-3-4-14;1-9(2,10)7-5-3-4-6-8(7)11/h7H,1-6H2;3-6,11H,10H2,1-2H3. The third kappa shape index (κ3) is 3.75. The molecule has 0 bridgehead atoms. The molecule has 3 fully saturated rings. The lowest BCUT2D eigenvalue weighted by molar-refractivity contribution is -0.117. The summed E-state index contributed by atoms with van der Waals surface area (Å²) in [7, 11) is 0. The lowest BCUT2D eigenvalue weighted by Crippen LogP contribution is -2.29. The van der Waals surface area contributed by atoms with Crippen LogP contribution in [0.15, 0.2) is 47.4 Å². The average Bonchev–Trinajstić information content (AvgIpc) is 3.45. The largest absolute Gasteiger partial charge is 0.508 e. The van der Waals surface area contributed by atoms with E-state index in [1.165, 1.54) is 6.08 Å². The molecule has 1 aromatic carbocycles. The summed E-state index contributed by atoms with van der Waals surface area (Å²) in [5, 5.41) is 9.37. The number of carbonyl (C=O) groups is 2. The zero-order chi connectivity index (χ0) is 20.1. The SMILES string of the molecule is CC(C)(N)c1ccccc1O.O=C1C=C(N2CC2)C(=O)C(N2CC2)=C1N1CC1. The maximum Gasteiger partial charge on any atom is 0.227 e. The van der Waals surface area contributed by atoms with Crippen molar-refractivity contribution < 1.29 is 14.7 Å². The van der Waals surface area contributed by atoms with Gasteiger partial charge in [0.25, 0.3) is 0 Å². The first-order valence-corrected chi connectivity index (χ1v) is 9.64. The number of carbonyl (C=O) groups excluding carboxylic acids is 2. The molecule has 3 aliphatic heterocycles. The number of hydrogen-bond acceptors (Lipinski definition) is 7. The second-order valence-electron chi connectivity index (χ2n) is 8.12. The second kappa shape index (κ2) is 6.67. The summed E-state index contributed by atoms with van der Waals surface area (Å²) < 4.78 is 0. The molecular formula is C21H26N4O3. The van der Waals surface area contributed by atoms with Crippen LogP contribution in [0.4, 0.5) is 0 Å². The quantitative estimate of drug-likeness (QED) is 0.587. The fraction of sp³-hybridized carbons (Fsp3) is 0.429. The zero-order valence-corrected chi connectivity index (χ0v) is 16.3. The molecule has 0 radical (unpaired) electrons. The number of phenolic OH excluding ortho intramolecular Hbond substituents is 1. The smallest absolute Gasteiger partial charge is 0.227 e. The van der Waals surface area contributed by atoms with E-state index in [4.69, 9.17) is 5.73 Å². The van der Waals surface area contributed by atoms with Crippen molar-refractivity contribution in [2.75, 3.05) is 39.3 Å². The van der Waals surface area contributed by atoms with Crippen LogP contribution in [0.2, 0.25) is 0 Å². The van der Waals surface area contributed by atoms with Crippen molar-refractivity contribution in [3.8, 4) is 5.75 Å². The van der Waals surface area contributed by atoms with Crippen LogP contribution in [-0.2, 0) is 15.1 Å². The predicted octanol–water partition coefficient (Wildman–Crippen LogP) is 0.766. The molecule has 0 aromatic heterocycles. The molecular weight excluding hydrogens is 356 g/mol. The molecule has 5 rings (SSSR count). The Labute approximate surface area is 164 Å². The van der Waals surface area contributed by atoms with Crippen molar-refractivity contribution in [3.05, 3.63) is 53.0 Å². The molecule has 148 valence electrons. The highest BCUT2D eigenvalue weighted by Crippen LogP contribution is 2.34. The van der Waals surface area contributed by atoms with Gasteiger partial charge in [0.05, 0.1) is 5.70 Å². The van der Waals surface area contributed by atoms with Gasteiger partial charge in [0, 0.05) is 56.4 Å². The highest BCUT2D eigenvalue weighted by atomic mass is 16.3. The van der Waals surface area contributed by atoms with Gasteiger partial charge in [-0.25, -0.2) is 0 Å². The first kappa shape index (κ1) is 18.6. The van der Waals surface area contributed by atoms with Gasteiger partial charge in [-0.15, -0.1) is 0 Å². The Morgan fingerprint density at radius 2 is 1.43 bits per heavy atom. The van der Waals surface area contributed by atoms with Gasteiger partial charge in [0.15, 0.2) is 0 Å². The number of benzene rings is 1. The van der Waals surface area contributed by atoms with E-state index in [9.17, 15) is 14.7 Å². The first-order chi connectivity index (χ1) is 13.3. The number of hydrogen-bond donors (Lipinski definition) is 2. The van der Waals surface area contributed by atoms with Crippen LogP contribution in [0.3, 0.4) is 0 Å². The lowest BCUT2D eigenvalue weighted by Gasteiger charge is -2.21. The van der Waals surface area contributed by atoms with E-state index < -0.39 is 5.54 Å². The van der Waals surface area contributed by atoms with Crippen LogP contribution in [0, 0.1) is 0 Å². The number of Topliss-reactive ketones (excluding diaryl/α,β-unsaturated/α-hetero) is 1. The molecule has 0 unspecified atom stereocenters. The maximum absolute atomic E-state index is 12.4. The third-order valence-electron chi connectivity index (χ3n) is 5.09. The van der Waals surface area contributed by atoms with Gasteiger partial charge in [-0.3, -0.25) is 9.59 Å². The van der Waals surface area contributed by atoms with Crippen LogP contribution < -0.4 is 5.73 Å². The number of allylic oxidation sites excluding steroid dienone is 1. The van der Waals surface area contributed by atoms with E-state index in [1.54, 1.807) is 12.1 Å². The van der Waals surface area contributed by atoms with Crippen molar-refractivity contribution in [2.45, 2.75) is 19.4 Å². The van der Waals surface area contributed by atoms with E-state index in [2.05, 4.69) is 0 Å². The molecule has 0 atom stereocenters. The average molecular weight is 382 g/mol. The number of aromatic hydroxyl groups is 1. The normalized spacial score (nSPS) is 20.7. The van der Waals surface area contributed by atoms with Crippen molar-refractivity contribution in [3.63, 3.8) is 0 Å². The Kier molecular flexibility index (Phi) is 4.42. The molecule has 7 heteroatoms. The van der Waals surface area contributed by atoms with Crippen LogP contribution in [0.5, 0.6) is 5.75 Å². The van der Waals surface area contributed by atoms with Crippen LogP contribution >= 0.6 is 0 Å². The van der Waals surface area contributed by atoms with Crippen molar-refractivity contribution >= 4 is 11.6 Å². The Balaban J connectivity index is 0.000000153. The molecule has 3 saturated heterocycles. The van der Waals surface area contributed by atoms with Gasteiger partial charge < -0.3 is 25.5 Å². The van der Waals surface area contributed by atoms with Crippen LogP contribution in [-0.4, -0.2) is 70.6 Å². The Bertz CT molecular complexity index is 885. The lowest BCUT2D eigenvalue weighted by atomic mass is 9.95.